The van der Waals surface area contributed by atoms with Gasteiger partial charge in [-0.1, -0.05) is 36.6 Å². The third-order valence-corrected chi connectivity index (χ3v) is 4.72. The van der Waals surface area contributed by atoms with Crippen molar-refractivity contribution in [3.63, 3.8) is 0 Å². The van der Waals surface area contributed by atoms with Gasteiger partial charge in [0.05, 0.1) is 12.0 Å². The van der Waals surface area contributed by atoms with E-state index in [-0.39, 0.29) is 12.8 Å². The summed E-state index contributed by atoms with van der Waals surface area (Å²) >= 11 is 6.11. The fourth-order valence-electron chi connectivity index (χ4n) is 3.22. The molecule has 0 aliphatic heterocycles. The van der Waals surface area contributed by atoms with Gasteiger partial charge in [-0.05, 0) is 42.9 Å². The maximum atomic E-state index is 13.1. The largest absolute Gasteiger partial charge is 0.392 e. The number of hydrogen-bond donors (Lipinski definition) is 1. The monoisotopic (exact) mass is 320 g/mol. The molecule has 0 bridgehead atoms. The molecule has 0 aromatic heterocycles. The van der Waals surface area contributed by atoms with Gasteiger partial charge in [-0.25, -0.2) is 0 Å². The molecule has 3 unspecified atom stereocenters. The molecule has 5 heteroatoms. The lowest BCUT2D eigenvalue weighted by atomic mass is 9.74. The second kappa shape index (κ2) is 6.57. The first-order chi connectivity index (χ1) is 9.79. The van der Waals surface area contributed by atoms with E-state index < -0.39 is 24.1 Å². The quantitative estimate of drug-likeness (QED) is 0.838. The maximum Gasteiger partial charge on any atom is 0.392 e. The number of aryl methyl sites for hydroxylation is 1. The molecule has 1 nitrogen and oxygen atoms in total. The molecule has 3 atom stereocenters. The second-order valence-corrected chi connectivity index (χ2v) is 6.37. The SMILES string of the molecule is Cc1ccc(CC(O)C2CCCCC2C(F)(F)F)c(Cl)c1. The van der Waals surface area contributed by atoms with Crippen LogP contribution >= 0.6 is 11.6 Å². The fourth-order valence-corrected chi connectivity index (χ4v) is 3.53. The molecule has 2 rings (SSSR count). The Morgan fingerprint density at radius 1 is 1.29 bits per heavy atom. The number of benzene rings is 1. The maximum absolute atomic E-state index is 13.1. The van der Waals surface area contributed by atoms with Crippen molar-refractivity contribution in [2.45, 2.75) is 51.3 Å². The summed E-state index contributed by atoms with van der Waals surface area (Å²) in [7, 11) is 0. The first-order valence-corrected chi connectivity index (χ1v) is 7.66. The second-order valence-electron chi connectivity index (χ2n) is 5.96. The average molecular weight is 321 g/mol. The van der Waals surface area contributed by atoms with Gasteiger partial charge in [-0.3, -0.25) is 0 Å². The van der Waals surface area contributed by atoms with Crippen molar-refractivity contribution in [2.24, 2.45) is 11.8 Å². The van der Waals surface area contributed by atoms with Crippen molar-refractivity contribution in [3.8, 4) is 0 Å². The zero-order chi connectivity index (χ0) is 15.6. The van der Waals surface area contributed by atoms with Crippen molar-refractivity contribution in [1.29, 1.82) is 0 Å². The Morgan fingerprint density at radius 2 is 1.95 bits per heavy atom. The normalized spacial score (nSPS) is 24.9. The van der Waals surface area contributed by atoms with E-state index in [1.807, 2.05) is 13.0 Å². The van der Waals surface area contributed by atoms with Crippen LogP contribution in [0.15, 0.2) is 18.2 Å². The van der Waals surface area contributed by atoms with Gasteiger partial charge in [0.25, 0.3) is 0 Å². The number of alkyl halides is 3. The van der Waals surface area contributed by atoms with E-state index >= 15 is 0 Å². The fraction of sp³-hybridized carbons (Fsp3) is 0.625. The summed E-state index contributed by atoms with van der Waals surface area (Å²) in [5, 5.41) is 10.8. The highest BCUT2D eigenvalue weighted by atomic mass is 35.5. The Kier molecular flexibility index (Phi) is 5.20. The van der Waals surface area contributed by atoms with Gasteiger partial charge in [-0.2, -0.15) is 13.2 Å². The molecule has 1 aliphatic carbocycles. The summed E-state index contributed by atoms with van der Waals surface area (Å²) in [4.78, 5) is 0. The van der Waals surface area contributed by atoms with Crippen molar-refractivity contribution >= 4 is 11.6 Å². The van der Waals surface area contributed by atoms with Gasteiger partial charge in [0.15, 0.2) is 0 Å². The van der Waals surface area contributed by atoms with E-state index in [0.29, 0.717) is 23.4 Å². The first-order valence-electron chi connectivity index (χ1n) is 7.29. The molecule has 0 spiro atoms. The Labute approximate surface area is 128 Å². The molecule has 118 valence electrons. The van der Waals surface area contributed by atoms with Crippen LogP contribution in [0.1, 0.15) is 36.8 Å². The highest BCUT2D eigenvalue weighted by Gasteiger charge is 2.47. The molecule has 1 aliphatic rings. The molecular weight excluding hydrogens is 301 g/mol. The Balaban J connectivity index is 2.12. The number of halogens is 4. The van der Waals surface area contributed by atoms with Crippen molar-refractivity contribution in [3.05, 3.63) is 34.3 Å². The minimum absolute atomic E-state index is 0.118. The Bertz CT molecular complexity index is 487. The lowest BCUT2D eigenvalue weighted by Crippen LogP contribution is -2.40. The molecule has 1 aromatic carbocycles. The van der Waals surface area contributed by atoms with Crippen molar-refractivity contribution in [1.82, 2.24) is 0 Å². The van der Waals surface area contributed by atoms with E-state index in [4.69, 9.17) is 11.6 Å². The molecule has 0 radical (unpaired) electrons. The van der Waals surface area contributed by atoms with Gasteiger partial charge in [0.2, 0.25) is 0 Å². The van der Waals surface area contributed by atoms with Crippen molar-refractivity contribution < 1.29 is 18.3 Å². The minimum Gasteiger partial charge on any atom is -0.392 e. The lowest BCUT2D eigenvalue weighted by Gasteiger charge is -2.36. The molecule has 0 amide bonds. The summed E-state index contributed by atoms with van der Waals surface area (Å²) in [6.07, 6.45) is -3.19. The predicted octanol–water partition coefficient (Wildman–Crippen LogP) is 4.92. The van der Waals surface area contributed by atoms with Gasteiger partial charge in [-0.15, -0.1) is 0 Å². The highest BCUT2D eigenvalue weighted by molar-refractivity contribution is 6.31. The topological polar surface area (TPSA) is 20.2 Å². The molecule has 0 saturated heterocycles. The Hall–Kier alpha value is -0.740. The summed E-state index contributed by atoms with van der Waals surface area (Å²) < 4.78 is 39.3. The third kappa shape index (κ3) is 4.13. The molecule has 1 aromatic rings. The van der Waals surface area contributed by atoms with Crippen LogP contribution in [0.5, 0.6) is 0 Å². The van der Waals surface area contributed by atoms with E-state index in [2.05, 4.69) is 0 Å². The number of aliphatic hydroxyl groups is 1. The van der Waals surface area contributed by atoms with E-state index in [1.54, 1.807) is 12.1 Å². The van der Waals surface area contributed by atoms with Gasteiger partial charge < -0.3 is 5.11 Å². The van der Waals surface area contributed by atoms with Crippen LogP contribution in [0.2, 0.25) is 5.02 Å². The summed E-state index contributed by atoms with van der Waals surface area (Å²) in [5.41, 5.74) is 1.70. The Morgan fingerprint density at radius 3 is 2.57 bits per heavy atom. The minimum atomic E-state index is -4.23. The number of hydrogen-bond acceptors (Lipinski definition) is 1. The predicted molar refractivity (Wildman–Crippen MR) is 77.4 cm³/mol. The summed E-state index contributed by atoms with van der Waals surface area (Å²) in [6.45, 7) is 1.90. The van der Waals surface area contributed by atoms with E-state index in [9.17, 15) is 18.3 Å². The summed E-state index contributed by atoms with van der Waals surface area (Å²) in [5.74, 6) is -2.12. The van der Waals surface area contributed by atoms with E-state index in [1.165, 1.54) is 0 Å². The lowest BCUT2D eigenvalue weighted by molar-refractivity contribution is -0.206. The zero-order valence-electron chi connectivity index (χ0n) is 12.0. The van der Waals surface area contributed by atoms with Crippen LogP contribution in [0, 0.1) is 18.8 Å². The summed E-state index contributed by atoms with van der Waals surface area (Å²) in [6, 6.07) is 5.41. The van der Waals surface area contributed by atoms with Crippen LogP contribution in [0.4, 0.5) is 13.2 Å². The first kappa shape index (κ1) is 16.6. The smallest absolute Gasteiger partial charge is 0.392 e. The van der Waals surface area contributed by atoms with Crippen LogP contribution in [-0.2, 0) is 6.42 Å². The molecular formula is C16H20ClF3O. The van der Waals surface area contributed by atoms with Gasteiger partial charge >= 0.3 is 6.18 Å². The number of rotatable bonds is 3. The molecule has 1 saturated carbocycles. The van der Waals surface area contributed by atoms with Crippen molar-refractivity contribution in [2.75, 3.05) is 0 Å². The van der Waals surface area contributed by atoms with Crippen LogP contribution < -0.4 is 0 Å². The molecule has 21 heavy (non-hydrogen) atoms. The van der Waals surface area contributed by atoms with E-state index in [0.717, 1.165) is 12.0 Å². The van der Waals surface area contributed by atoms with Gasteiger partial charge in [0, 0.05) is 11.4 Å². The highest BCUT2D eigenvalue weighted by Crippen LogP contribution is 2.43. The van der Waals surface area contributed by atoms with Gasteiger partial charge in [0.1, 0.15) is 0 Å². The molecule has 0 heterocycles. The average Bonchev–Trinajstić information content (AvgIpc) is 2.41. The number of aliphatic hydroxyl groups excluding tert-OH is 1. The standard InChI is InChI=1S/C16H20ClF3O/c1-10-6-7-11(14(17)8-10)9-15(21)12-4-2-3-5-13(12)16(18,19)20/h6-8,12-13,15,21H,2-5,9H2,1H3. The molecule has 1 N–H and O–H groups in total. The third-order valence-electron chi connectivity index (χ3n) is 4.37. The van der Waals surface area contributed by atoms with Crippen LogP contribution in [-0.4, -0.2) is 17.4 Å². The molecule has 1 fully saturated rings. The van der Waals surface area contributed by atoms with Crippen LogP contribution in [0.25, 0.3) is 0 Å². The van der Waals surface area contributed by atoms with Crippen LogP contribution in [0.3, 0.4) is 0 Å². The zero-order valence-corrected chi connectivity index (χ0v) is 12.7.